The van der Waals surface area contributed by atoms with Gasteiger partial charge in [-0.3, -0.25) is 0 Å². The van der Waals surface area contributed by atoms with E-state index in [9.17, 15) is 0 Å². The van der Waals surface area contributed by atoms with Gasteiger partial charge in [-0.05, 0) is 6.26 Å². The fraction of sp³-hybridized carbons (Fsp3) is 0.333. The minimum Gasteiger partial charge on any atom is -0.213 e. The minimum atomic E-state index is 1.07. The van der Waals surface area contributed by atoms with E-state index in [4.69, 9.17) is 0 Å². The summed E-state index contributed by atoms with van der Waals surface area (Å²) in [5, 5.41) is 0. The third-order valence-corrected chi connectivity index (χ3v) is 0.854. The monoisotopic (exact) mass is 86.0 g/mol. The van der Waals surface area contributed by atoms with Crippen molar-refractivity contribution in [2.24, 2.45) is 0 Å². The van der Waals surface area contributed by atoms with Crippen LogP contribution >= 0.6 is 11.6 Å². The van der Waals surface area contributed by atoms with Crippen LogP contribution in [-0.2, 0) is 0 Å². The summed E-state index contributed by atoms with van der Waals surface area (Å²) >= 11 is 1.78. The Kier molecular flexibility index (Phi) is 4.28. The molecule has 0 rings (SSSR count). The van der Waals surface area contributed by atoms with Crippen LogP contribution in [0.25, 0.3) is 0 Å². The van der Waals surface area contributed by atoms with E-state index in [0.717, 1.165) is 6.56 Å². The largest absolute Gasteiger partial charge is 0.215 e. The van der Waals surface area contributed by atoms with Crippen LogP contribution in [0.2, 0.25) is 0 Å². The van der Waals surface area contributed by atoms with Crippen molar-refractivity contribution >= 4 is 18.2 Å². The van der Waals surface area contributed by atoms with Crippen LogP contribution in [0, 0.1) is 0 Å². The molecule has 0 saturated carbocycles. The van der Waals surface area contributed by atoms with Gasteiger partial charge in [0.25, 0.3) is 0 Å². The zero-order chi connectivity index (χ0) is 4.12. The molecular weight excluding hydrogens is 78.9 g/mol. The zero-order valence-corrected chi connectivity index (χ0v) is 4.22. The lowest BCUT2D eigenvalue weighted by molar-refractivity contribution is 2.52. The molecule has 0 amide bonds. The van der Waals surface area contributed by atoms with Gasteiger partial charge in [0.2, 0.25) is 6.56 Å². The number of hydrogen-bond acceptors (Lipinski definition) is 1. The molecule has 28 valence electrons. The van der Waals surface area contributed by atoms with E-state index in [1.54, 1.807) is 11.6 Å². The maximum Gasteiger partial charge on any atom is 0.215 e. The maximum atomic E-state index is 3.53. The van der Waals surface area contributed by atoms with Gasteiger partial charge in [-0.1, -0.05) is 0 Å². The van der Waals surface area contributed by atoms with Crippen molar-refractivity contribution in [3.05, 3.63) is 12.6 Å². The lowest BCUT2D eigenvalue weighted by Crippen LogP contribution is -1.65. The molecule has 0 heterocycles. The lowest BCUT2D eigenvalue weighted by atomic mass is 10.1. The summed E-state index contributed by atoms with van der Waals surface area (Å²) in [7, 11) is 0. The van der Waals surface area contributed by atoms with Crippen molar-refractivity contribution < 1.29 is 0 Å². The normalized spacial score (nSPS) is 6.60. The van der Waals surface area contributed by atoms with Gasteiger partial charge in [0, 0.05) is 0 Å². The Balaban J connectivity index is 2.40. The van der Waals surface area contributed by atoms with E-state index in [2.05, 4.69) is 12.8 Å². The summed E-state index contributed by atoms with van der Waals surface area (Å²) in [6.45, 7) is 4.60. The van der Waals surface area contributed by atoms with E-state index in [1.165, 1.54) is 0 Å². The Bertz CT molecular complexity index is 28.1. The van der Waals surface area contributed by atoms with Gasteiger partial charge in [0.15, 0.2) is 0 Å². The molecule has 0 aliphatic heterocycles. The first kappa shape index (κ1) is 5.15. The maximum absolute atomic E-state index is 3.53. The second-order valence-electron chi connectivity index (χ2n) is 0.744. The fourth-order valence-corrected chi connectivity index (χ4v) is 0.354. The first-order valence-electron chi connectivity index (χ1n) is 1.51. The summed E-state index contributed by atoms with van der Waals surface area (Å²) in [5.41, 5.74) is 0. The third kappa shape index (κ3) is 4.15. The molecule has 0 aromatic rings. The molecule has 2 heteroatoms. The summed E-state index contributed by atoms with van der Waals surface area (Å²) in [4.78, 5) is 0. The van der Waals surface area contributed by atoms with Gasteiger partial charge in [-0.2, -0.15) is 0 Å². The van der Waals surface area contributed by atoms with E-state index in [-0.39, 0.29) is 0 Å². The smallest absolute Gasteiger partial charge is 0.213 e. The van der Waals surface area contributed by atoms with Crippen molar-refractivity contribution in [2.45, 2.75) is 0 Å². The van der Waals surface area contributed by atoms with Gasteiger partial charge in [-0.15, -0.1) is 12.6 Å². The van der Waals surface area contributed by atoms with E-state index in [1.807, 2.05) is 5.98 Å². The van der Waals surface area contributed by atoms with E-state index < -0.39 is 0 Å². The standard InChI is InChI=1S/C3H7BS/c1-3-4-5-2/h3-4H,1H2,2H3. The van der Waals surface area contributed by atoms with Crippen LogP contribution in [0.4, 0.5) is 0 Å². The van der Waals surface area contributed by atoms with Crippen LogP contribution in [0.3, 0.4) is 0 Å². The summed E-state index contributed by atoms with van der Waals surface area (Å²) in [6.07, 6.45) is 2.06. The Morgan fingerprint density at radius 1 is 2.00 bits per heavy atom. The van der Waals surface area contributed by atoms with Gasteiger partial charge in [0.1, 0.15) is 0 Å². The predicted octanol–water partition coefficient (Wildman–Crippen LogP) is 0.844. The molecule has 0 radical (unpaired) electrons. The van der Waals surface area contributed by atoms with Crippen molar-refractivity contribution in [1.82, 2.24) is 0 Å². The van der Waals surface area contributed by atoms with Crippen LogP contribution in [0.15, 0.2) is 12.6 Å². The lowest BCUT2D eigenvalue weighted by Gasteiger charge is -1.70. The molecule has 0 spiro atoms. The Morgan fingerprint density at radius 2 is 2.60 bits per heavy atom. The van der Waals surface area contributed by atoms with Crippen LogP contribution in [0.1, 0.15) is 0 Å². The molecule has 0 aromatic heterocycles. The summed E-state index contributed by atoms with van der Waals surface area (Å²) in [5.74, 6) is 1.89. The van der Waals surface area contributed by atoms with Crippen LogP contribution in [0.5, 0.6) is 0 Å². The fourth-order valence-electron chi connectivity index (χ4n) is 0.118. The summed E-state index contributed by atoms with van der Waals surface area (Å²) in [6, 6.07) is 0. The first-order chi connectivity index (χ1) is 2.41. The number of rotatable bonds is 2. The molecule has 5 heavy (non-hydrogen) atoms. The second-order valence-corrected chi connectivity index (χ2v) is 1.65. The number of hydrogen-bond donors (Lipinski definition) is 0. The molecule has 0 saturated heterocycles. The molecule has 0 nitrogen and oxygen atoms in total. The Morgan fingerprint density at radius 3 is 2.60 bits per heavy atom. The SMILES string of the molecule is C=CBSC. The molecule has 0 bridgehead atoms. The molecule has 0 N–H and O–H groups in total. The Hall–Kier alpha value is 0.155. The Labute approximate surface area is 37.8 Å². The molecule has 0 unspecified atom stereocenters. The average Bonchev–Trinajstić information content (AvgIpc) is 1.41. The van der Waals surface area contributed by atoms with E-state index >= 15 is 0 Å². The second kappa shape index (κ2) is 4.15. The van der Waals surface area contributed by atoms with Gasteiger partial charge >= 0.3 is 0 Å². The molecular formula is C3H7BS. The highest BCUT2D eigenvalue weighted by Crippen LogP contribution is 1.82. The minimum absolute atomic E-state index is 1.07. The average molecular weight is 86.0 g/mol. The highest BCUT2D eigenvalue weighted by molar-refractivity contribution is 8.22. The van der Waals surface area contributed by atoms with Gasteiger partial charge in [-0.25, -0.2) is 11.6 Å². The molecule has 0 fully saturated rings. The molecule has 0 aromatic carbocycles. The van der Waals surface area contributed by atoms with Crippen molar-refractivity contribution in [2.75, 3.05) is 6.26 Å². The summed E-state index contributed by atoms with van der Waals surface area (Å²) < 4.78 is 0. The quantitative estimate of drug-likeness (QED) is 0.449. The highest BCUT2D eigenvalue weighted by atomic mass is 32.2. The van der Waals surface area contributed by atoms with E-state index in [0.29, 0.717) is 0 Å². The topological polar surface area (TPSA) is 0 Å². The first-order valence-corrected chi connectivity index (χ1v) is 2.91. The molecule has 0 aliphatic carbocycles. The van der Waals surface area contributed by atoms with Crippen molar-refractivity contribution in [1.29, 1.82) is 0 Å². The van der Waals surface area contributed by atoms with Crippen LogP contribution < -0.4 is 0 Å². The van der Waals surface area contributed by atoms with Gasteiger partial charge < -0.3 is 0 Å². The predicted molar refractivity (Wildman–Crippen MR) is 30.9 cm³/mol. The zero-order valence-electron chi connectivity index (χ0n) is 3.40. The van der Waals surface area contributed by atoms with Gasteiger partial charge in [0.05, 0.1) is 0 Å². The van der Waals surface area contributed by atoms with Crippen molar-refractivity contribution in [3.8, 4) is 0 Å². The third-order valence-electron chi connectivity index (χ3n) is 0.285. The molecule has 0 atom stereocenters. The van der Waals surface area contributed by atoms with Crippen molar-refractivity contribution in [3.63, 3.8) is 0 Å². The molecule has 0 aliphatic rings. The highest BCUT2D eigenvalue weighted by Gasteiger charge is 1.66. The van der Waals surface area contributed by atoms with Crippen LogP contribution in [-0.4, -0.2) is 12.8 Å².